The van der Waals surface area contributed by atoms with Gasteiger partial charge in [-0.2, -0.15) is 0 Å². The van der Waals surface area contributed by atoms with Crippen LogP contribution in [0.1, 0.15) is 36.4 Å². The molecule has 3 aromatic rings. The summed E-state index contributed by atoms with van der Waals surface area (Å²) in [5.74, 6) is 1.24. The van der Waals surface area contributed by atoms with Gasteiger partial charge in [-0.3, -0.25) is 4.79 Å². The van der Waals surface area contributed by atoms with E-state index in [1.165, 1.54) is 5.56 Å². The van der Waals surface area contributed by atoms with E-state index in [4.69, 9.17) is 4.98 Å². The fourth-order valence-electron chi connectivity index (χ4n) is 3.92. The van der Waals surface area contributed by atoms with Crippen LogP contribution in [0, 0.1) is 0 Å². The predicted molar refractivity (Wildman–Crippen MR) is 105 cm³/mol. The first-order valence-corrected chi connectivity index (χ1v) is 9.50. The number of fused-ring (bicyclic) bond motifs is 2. The van der Waals surface area contributed by atoms with Gasteiger partial charge in [-0.15, -0.1) is 0 Å². The molecule has 2 aliphatic heterocycles. The zero-order chi connectivity index (χ0) is 18.2. The third kappa shape index (κ3) is 3.14. The highest BCUT2D eigenvalue weighted by molar-refractivity contribution is 5.93. The number of aromatic nitrogens is 3. The lowest BCUT2D eigenvalue weighted by molar-refractivity contribution is -0.116. The highest BCUT2D eigenvalue weighted by atomic mass is 16.1. The van der Waals surface area contributed by atoms with E-state index in [1.807, 2.05) is 22.7 Å². The molecule has 0 unspecified atom stereocenters. The molecule has 4 heterocycles. The molecule has 7 nitrogen and oxygen atoms in total. The van der Waals surface area contributed by atoms with Crippen molar-refractivity contribution in [2.24, 2.45) is 0 Å². The van der Waals surface area contributed by atoms with Gasteiger partial charge in [-0.1, -0.05) is 6.07 Å². The molecule has 3 N–H and O–H groups in total. The Morgan fingerprint density at radius 1 is 1.26 bits per heavy atom. The number of amides is 1. The number of hydrogen-bond acceptors (Lipinski definition) is 5. The third-order valence-electron chi connectivity index (χ3n) is 5.37. The van der Waals surface area contributed by atoms with Crippen LogP contribution in [-0.4, -0.2) is 33.4 Å². The number of carbonyl (C=O) groups is 1. The van der Waals surface area contributed by atoms with Crippen molar-refractivity contribution in [3.05, 3.63) is 48.0 Å². The zero-order valence-electron chi connectivity index (χ0n) is 15.0. The van der Waals surface area contributed by atoms with Gasteiger partial charge in [0.2, 0.25) is 5.91 Å². The summed E-state index contributed by atoms with van der Waals surface area (Å²) >= 11 is 0. The molecule has 138 valence electrons. The highest BCUT2D eigenvalue weighted by Gasteiger charge is 2.20. The Kier molecular flexibility index (Phi) is 4.01. The summed E-state index contributed by atoms with van der Waals surface area (Å²) in [4.78, 5) is 21.2. The molecule has 2 aromatic heterocycles. The smallest absolute Gasteiger partial charge is 0.224 e. The van der Waals surface area contributed by atoms with Crippen molar-refractivity contribution in [2.75, 3.05) is 23.7 Å². The van der Waals surface area contributed by atoms with Crippen LogP contribution in [0.5, 0.6) is 0 Å². The molecule has 5 rings (SSSR count). The van der Waals surface area contributed by atoms with Crippen LogP contribution in [0.15, 0.2) is 36.8 Å². The molecule has 1 fully saturated rings. The second kappa shape index (κ2) is 6.66. The van der Waals surface area contributed by atoms with Crippen molar-refractivity contribution in [1.29, 1.82) is 0 Å². The van der Waals surface area contributed by atoms with Gasteiger partial charge in [-0.05, 0) is 43.5 Å². The van der Waals surface area contributed by atoms with E-state index in [0.29, 0.717) is 12.3 Å². The first-order valence-electron chi connectivity index (χ1n) is 9.50. The van der Waals surface area contributed by atoms with Gasteiger partial charge in [0.1, 0.15) is 0 Å². The fourth-order valence-corrected chi connectivity index (χ4v) is 3.92. The summed E-state index contributed by atoms with van der Waals surface area (Å²) in [5, 5.41) is 9.83. The lowest BCUT2D eigenvalue weighted by atomic mass is 10.1. The van der Waals surface area contributed by atoms with Crippen molar-refractivity contribution in [1.82, 2.24) is 19.7 Å². The fraction of sp³-hybridized carbons (Fsp3) is 0.350. The molecule has 0 aliphatic carbocycles. The van der Waals surface area contributed by atoms with Crippen LogP contribution in [0.3, 0.4) is 0 Å². The van der Waals surface area contributed by atoms with E-state index in [2.05, 4.69) is 33.2 Å². The molecule has 0 spiro atoms. The monoisotopic (exact) mass is 362 g/mol. The van der Waals surface area contributed by atoms with Crippen LogP contribution in [0.4, 0.5) is 17.2 Å². The molecule has 0 saturated carbocycles. The minimum absolute atomic E-state index is 0.0791. The summed E-state index contributed by atoms with van der Waals surface area (Å²) in [6.07, 6.45) is 9.28. The summed E-state index contributed by atoms with van der Waals surface area (Å²) in [6, 6.07) is 6.11. The summed E-state index contributed by atoms with van der Waals surface area (Å²) in [5.41, 5.74) is 4.82. The number of carbonyl (C=O) groups excluding carboxylic acids is 1. The topological polar surface area (TPSA) is 83.4 Å². The SMILES string of the molecule is O=C1CCCc2ccc(Nc3nc([C@@H]4CCNC4)cn4ccnc34)cc2N1. The van der Waals surface area contributed by atoms with Crippen molar-refractivity contribution >= 4 is 28.7 Å². The maximum atomic E-state index is 11.9. The summed E-state index contributed by atoms with van der Waals surface area (Å²) in [7, 11) is 0. The molecule has 1 saturated heterocycles. The Bertz CT molecular complexity index is 1000. The van der Waals surface area contributed by atoms with Crippen molar-refractivity contribution in [2.45, 2.75) is 31.6 Å². The van der Waals surface area contributed by atoms with Gasteiger partial charge in [0.05, 0.1) is 5.69 Å². The molecule has 27 heavy (non-hydrogen) atoms. The van der Waals surface area contributed by atoms with E-state index in [9.17, 15) is 4.79 Å². The van der Waals surface area contributed by atoms with Crippen molar-refractivity contribution in [3.8, 4) is 0 Å². The molecular weight excluding hydrogens is 340 g/mol. The van der Waals surface area contributed by atoms with Gasteiger partial charge in [0.25, 0.3) is 0 Å². The molecule has 7 heteroatoms. The number of nitrogens with one attached hydrogen (secondary N) is 3. The van der Waals surface area contributed by atoms with E-state index in [1.54, 1.807) is 6.20 Å². The molecule has 0 radical (unpaired) electrons. The first kappa shape index (κ1) is 16.3. The number of hydrogen-bond donors (Lipinski definition) is 3. The number of nitrogens with zero attached hydrogens (tertiary/aromatic N) is 3. The average molecular weight is 362 g/mol. The van der Waals surface area contributed by atoms with Crippen LogP contribution in [-0.2, 0) is 11.2 Å². The number of imidazole rings is 1. The van der Waals surface area contributed by atoms with E-state index < -0.39 is 0 Å². The Balaban J connectivity index is 1.51. The van der Waals surface area contributed by atoms with Gasteiger partial charge < -0.3 is 20.4 Å². The molecule has 2 aliphatic rings. The second-order valence-corrected chi connectivity index (χ2v) is 7.26. The quantitative estimate of drug-likeness (QED) is 0.667. The minimum Gasteiger partial charge on any atom is -0.337 e. The standard InChI is InChI=1S/C20H22N6O/c27-18-3-1-2-13-4-5-15(10-16(13)24-18)23-19-20-22-8-9-26(20)12-17(25-19)14-6-7-21-11-14/h4-5,8-10,12,14,21H,1-3,6-7,11H2,(H,23,25)(H,24,27)/t14-/m1/s1. The van der Waals surface area contributed by atoms with Gasteiger partial charge in [0, 0.05) is 48.8 Å². The largest absolute Gasteiger partial charge is 0.337 e. The number of anilines is 3. The maximum Gasteiger partial charge on any atom is 0.224 e. The van der Waals surface area contributed by atoms with Gasteiger partial charge >= 0.3 is 0 Å². The Morgan fingerprint density at radius 3 is 3.11 bits per heavy atom. The predicted octanol–water partition coefficient (Wildman–Crippen LogP) is 2.82. The Labute approximate surface area is 157 Å². The number of rotatable bonds is 3. The normalized spacial score (nSPS) is 19.6. The molecule has 1 amide bonds. The Hall–Kier alpha value is -2.93. The van der Waals surface area contributed by atoms with E-state index in [-0.39, 0.29) is 5.91 Å². The highest BCUT2D eigenvalue weighted by Crippen LogP contribution is 2.29. The van der Waals surface area contributed by atoms with Gasteiger partial charge in [0.15, 0.2) is 11.5 Å². The molecule has 0 bridgehead atoms. The lowest BCUT2D eigenvalue weighted by Crippen LogP contribution is -2.11. The van der Waals surface area contributed by atoms with Gasteiger partial charge in [-0.25, -0.2) is 9.97 Å². The van der Waals surface area contributed by atoms with Crippen LogP contribution in [0.25, 0.3) is 5.65 Å². The second-order valence-electron chi connectivity index (χ2n) is 7.26. The zero-order valence-corrected chi connectivity index (χ0v) is 15.0. The van der Waals surface area contributed by atoms with Crippen molar-refractivity contribution < 1.29 is 4.79 Å². The maximum absolute atomic E-state index is 11.9. The Morgan fingerprint density at radius 2 is 2.22 bits per heavy atom. The third-order valence-corrected chi connectivity index (χ3v) is 5.37. The molecule has 1 atom stereocenters. The van der Waals surface area contributed by atoms with E-state index in [0.717, 1.165) is 60.9 Å². The lowest BCUT2D eigenvalue weighted by Gasteiger charge is -2.14. The van der Waals surface area contributed by atoms with Crippen LogP contribution < -0.4 is 16.0 Å². The van der Waals surface area contributed by atoms with Crippen LogP contribution in [0.2, 0.25) is 0 Å². The summed E-state index contributed by atoms with van der Waals surface area (Å²) in [6.45, 7) is 1.99. The number of benzene rings is 1. The average Bonchev–Trinajstić information content (AvgIpc) is 3.31. The first-order chi connectivity index (χ1) is 13.3. The number of aryl methyl sites for hydroxylation is 1. The van der Waals surface area contributed by atoms with Crippen LogP contribution >= 0.6 is 0 Å². The summed E-state index contributed by atoms with van der Waals surface area (Å²) < 4.78 is 2.02. The minimum atomic E-state index is 0.0791. The van der Waals surface area contributed by atoms with E-state index >= 15 is 0 Å². The molecular formula is C20H22N6O. The molecule has 1 aromatic carbocycles. The van der Waals surface area contributed by atoms with Crippen molar-refractivity contribution in [3.63, 3.8) is 0 Å².